The topological polar surface area (TPSA) is 101 Å². The Balaban J connectivity index is 3.08. The van der Waals surface area contributed by atoms with E-state index in [9.17, 15) is 27.1 Å². The molecule has 0 saturated carbocycles. The fraction of sp³-hybridized carbons (Fsp3) is 0.300. The monoisotopic (exact) mass is 548 g/mol. The molecule has 0 bridgehead atoms. The Labute approximate surface area is 145 Å². The summed E-state index contributed by atoms with van der Waals surface area (Å²) in [5.74, 6) is -1.80. The number of aromatic hydroxyl groups is 1. The Hall–Kier alpha value is -0.280. The van der Waals surface area contributed by atoms with Crippen LogP contribution in [0.4, 0.5) is 8.78 Å². The number of carbonyl (C=O) groups is 1. The first kappa shape index (κ1) is 18.8. The number of alkyl halides is 2. The number of hydrogen-bond donors (Lipinski definition) is 2. The van der Waals surface area contributed by atoms with Crippen LogP contribution in [0.25, 0.3) is 0 Å². The van der Waals surface area contributed by atoms with Gasteiger partial charge in [0, 0.05) is 3.57 Å². The highest BCUT2D eigenvalue weighted by atomic mass is 127. The molecule has 1 unspecified atom stereocenters. The predicted octanol–water partition coefficient (Wildman–Crippen LogP) is 2.63. The van der Waals surface area contributed by atoms with Gasteiger partial charge in [0.2, 0.25) is 0 Å². The summed E-state index contributed by atoms with van der Waals surface area (Å²) in [4.78, 5) is 11.8. The number of carbonyl (C=O) groups excluding carboxylic acids is 1. The molecule has 0 aromatic heterocycles. The quantitative estimate of drug-likeness (QED) is 0.341. The summed E-state index contributed by atoms with van der Waals surface area (Å²) in [5.41, 5.74) is -0.385. The van der Waals surface area contributed by atoms with Gasteiger partial charge in [-0.25, -0.2) is 4.79 Å². The molecule has 0 radical (unpaired) electrons. The van der Waals surface area contributed by atoms with Crippen LogP contribution in [0.2, 0.25) is 0 Å². The standard InChI is InChI=1S/C10H8F2I2O6S/c1-4(10(11,12)21(17,18)19)20-9(16)6-2-5(13)3-7(14)8(6)15/h2-4,15H,1H3,(H,17,18,19). The van der Waals surface area contributed by atoms with Gasteiger partial charge in [-0.05, 0) is 64.2 Å². The van der Waals surface area contributed by atoms with Gasteiger partial charge in [0.05, 0.1) is 3.57 Å². The minimum atomic E-state index is -5.73. The summed E-state index contributed by atoms with van der Waals surface area (Å²) in [5, 5.41) is 5.04. The minimum absolute atomic E-state index is 0.292. The molecule has 0 amide bonds. The predicted molar refractivity (Wildman–Crippen MR) is 84.9 cm³/mol. The highest BCUT2D eigenvalue weighted by Crippen LogP contribution is 2.31. The normalized spacial score (nSPS) is 13.8. The van der Waals surface area contributed by atoms with Crippen LogP contribution in [-0.2, 0) is 14.9 Å². The van der Waals surface area contributed by atoms with Crippen molar-refractivity contribution >= 4 is 61.3 Å². The maximum Gasteiger partial charge on any atom is 0.405 e. The largest absolute Gasteiger partial charge is 0.506 e. The van der Waals surface area contributed by atoms with E-state index in [2.05, 4.69) is 4.74 Å². The summed E-state index contributed by atoms with van der Waals surface area (Å²) >= 11 is 3.56. The van der Waals surface area contributed by atoms with Crippen LogP contribution in [0, 0.1) is 7.14 Å². The molecule has 0 saturated heterocycles. The Morgan fingerprint density at radius 2 is 1.90 bits per heavy atom. The average Bonchev–Trinajstić information content (AvgIpc) is 2.31. The summed E-state index contributed by atoms with van der Waals surface area (Å²) in [7, 11) is -5.73. The number of phenols is 1. The van der Waals surface area contributed by atoms with Gasteiger partial charge < -0.3 is 9.84 Å². The summed E-state index contributed by atoms with van der Waals surface area (Å²) in [6.07, 6.45) is -2.44. The van der Waals surface area contributed by atoms with Crippen LogP contribution < -0.4 is 0 Å². The summed E-state index contributed by atoms with van der Waals surface area (Å²) < 4.78 is 61.2. The molecular formula is C10H8F2I2O6S. The van der Waals surface area contributed by atoms with Crippen molar-refractivity contribution < 1.29 is 36.4 Å². The highest BCUT2D eigenvalue weighted by Gasteiger charge is 2.52. The molecule has 21 heavy (non-hydrogen) atoms. The fourth-order valence-corrected chi connectivity index (χ4v) is 3.54. The third kappa shape index (κ3) is 4.13. The van der Waals surface area contributed by atoms with Crippen LogP contribution >= 0.6 is 45.2 Å². The van der Waals surface area contributed by atoms with Crippen molar-refractivity contribution in [3.63, 3.8) is 0 Å². The second-order valence-corrected chi connectivity index (χ2v) is 7.77. The average molecular weight is 548 g/mol. The molecule has 2 N–H and O–H groups in total. The molecule has 0 spiro atoms. The van der Waals surface area contributed by atoms with E-state index in [4.69, 9.17) is 4.55 Å². The molecule has 1 atom stereocenters. The lowest BCUT2D eigenvalue weighted by Crippen LogP contribution is -2.42. The molecule has 0 aliphatic carbocycles. The molecule has 0 heterocycles. The number of halogens is 4. The number of esters is 1. The molecule has 11 heteroatoms. The van der Waals surface area contributed by atoms with E-state index in [1.165, 1.54) is 12.1 Å². The Bertz CT molecular complexity index is 676. The Morgan fingerprint density at radius 3 is 2.38 bits per heavy atom. The second-order valence-electron chi connectivity index (χ2n) is 3.87. The number of rotatable bonds is 4. The van der Waals surface area contributed by atoms with E-state index in [-0.39, 0.29) is 5.56 Å². The summed E-state index contributed by atoms with van der Waals surface area (Å²) in [6.45, 7) is 0.613. The molecule has 0 aliphatic heterocycles. The van der Waals surface area contributed by atoms with Crippen LogP contribution in [0.3, 0.4) is 0 Å². The molecule has 1 aromatic carbocycles. The van der Waals surface area contributed by atoms with Crippen molar-refractivity contribution in [2.45, 2.75) is 18.3 Å². The van der Waals surface area contributed by atoms with Crippen LogP contribution in [-0.4, -0.2) is 35.4 Å². The first-order valence-electron chi connectivity index (χ1n) is 5.11. The van der Waals surface area contributed by atoms with Crippen molar-refractivity contribution in [2.75, 3.05) is 0 Å². The first-order valence-corrected chi connectivity index (χ1v) is 8.71. The Kier molecular flexibility index (Phi) is 5.77. The van der Waals surface area contributed by atoms with Gasteiger partial charge in [-0.1, -0.05) is 0 Å². The van der Waals surface area contributed by atoms with Crippen LogP contribution in [0.5, 0.6) is 5.75 Å². The van der Waals surface area contributed by atoms with E-state index >= 15 is 0 Å². The van der Waals surface area contributed by atoms with E-state index in [1.54, 1.807) is 22.6 Å². The molecule has 0 aliphatic rings. The van der Waals surface area contributed by atoms with Crippen molar-refractivity contribution in [3.8, 4) is 5.75 Å². The number of phenolic OH excluding ortho intramolecular Hbond substituents is 1. The molecule has 0 fully saturated rings. The molecular weight excluding hydrogens is 540 g/mol. The van der Waals surface area contributed by atoms with E-state index in [0.717, 1.165) is 0 Å². The zero-order valence-electron chi connectivity index (χ0n) is 10.2. The van der Waals surface area contributed by atoms with Crippen molar-refractivity contribution in [2.24, 2.45) is 0 Å². The van der Waals surface area contributed by atoms with E-state index in [0.29, 0.717) is 14.1 Å². The third-order valence-electron chi connectivity index (χ3n) is 2.35. The van der Waals surface area contributed by atoms with Gasteiger partial charge in [-0.15, -0.1) is 0 Å². The van der Waals surface area contributed by atoms with Crippen molar-refractivity contribution in [1.29, 1.82) is 0 Å². The molecule has 6 nitrogen and oxygen atoms in total. The zero-order valence-corrected chi connectivity index (χ0v) is 15.3. The molecule has 1 rings (SSSR count). The van der Waals surface area contributed by atoms with Gasteiger partial charge in [0.1, 0.15) is 11.3 Å². The van der Waals surface area contributed by atoms with Gasteiger partial charge in [0.15, 0.2) is 6.10 Å². The molecule has 1 aromatic rings. The van der Waals surface area contributed by atoms with Gasteiger partial charge in [-0.3, -0.25) is 4.55 Å². The summed E-state index contributed by atoms with van der Waals surface area (Å²) in [6, 6.07) is 2.72. The van der Waals surface area contributed by atoms with Crippen LogP contribution in [0.1, 0.15) is 17.3 Å². The molecule has 118 valence electrons. The zero-order chi connectivity index (χ0) is 16.6. The van der Waals surface area contributed by atoms with Gasteiger partial charge in [0.25, 0.3) is 0 Å². The highest BCUT2D eigenvalue weighted by molar-refractivity contribution is 14.1. The van der Waals surface area contributed by atoms with Gasteiger partial charge in [-0.2, -0.15) is 17.2 Å². The fourth-order valence-electron chi connectivity index (χ4n) is 1.22. The van der Waals surface area contributed by atoms with Gasteiger partial charge >= 0.3 is 21.3 Å². The number of benzene rings is 1. The SMILES string of the molecule is CC(OC(=O)c1cc(I)cc(I)c1O)C(F)(F)S(=O)(=O)O. The number of hydrogen-bond acceptors (Lipinski definition) is 5. The lowest BCUT2D eigenvalue weighted by atomic mass is 10.2. The number of ether oxygens (including phenoxy) is 1. The van der Waals surface area contributed by atoms with Crippen molar-refractivity contribution in [3.05, 3.63) is 24.8 Å². The van der Waals surface area contributed by atoms with E-state index in [1.807, 2.05) is 22.6 Å². The minimum Gasteiger partial charge on any atom is -0.506 e. The maximum atomic E-state index is 13.3. The second kappa shape index (κ2) is 6.45. The van der Waals surface area contributed by atoms with E-state index < -0.39 is 33.2 Å². The Morgan fingerprint density at radius 1 is 1.38 bits per heavy atom. The third-order valence-corrected chi connectivity index (χ3v) is 4.81. The van der Waals surface area contributed by atoms with Crippen molar-refractivity contribution in [1.82, 2.24) is 0 Å². The lowest BCUT2D eigenvalue weighted by molar-refractivity contribution is -0.0551. The smallest absolute Gasteiger partial charge is 0.405 e. The lowest BCUT2D eigenvalue weighted by Gasteiger charge is -2.21. The van der Waals surface area contributed by atoms with Crippen LogP contribution in [0.15, 0.2) is 12.1 Å². The maximum absolute atomic E-state index is 13.3. The first-order chi connectivity index (χ1) is 9.37.